The lowest BCUT2D eigenvalue weighted by Crippen LogP contribution is -2.24. The van der Waals surface area contributed by atoms with Gasteiger partial charge in [-0.15, -0.1) is 0 Å². The highest BCUT2D eigenvalue weighted by Crippen LogP contribution is 2.38. The average molecular weight is 292 g/mol. The number of hydrogen-bond donors (Lipinski definition) is 0. The minimum absolute atomic E-state index is 0.366. The van der Waals surface area contributed by atoms with Crippen LogP contribution in [0.5, 0.6) is 0 Å². The van der Waals surface area contributed by atoms with Crippen LogP contribution in [-0.2, 0) is 12.8 Å². The maximum Gasteiger partial charge on any atom is 0.234 e. The highest BCUT2D eigenvalue weighted by atomic mass is 16.2. The van der Waals surface area contributed by atoms with Gasteiger partial charge in [0.15, 0.2) is 0 Å². The van der Waals surface area contributed by atoms with Gasteiger partial charge in [0, 0.05) is 11.1 Å². The largest absolute Gasteiger partial charge is 0.285 e. The lowest BCUT2D eigenvalue weighted by atomic mass is 9.78. The second kappa shape index (κ2) is 5.20. The normalized spacial score (nSPS) is 13.1. The molecule has 2 nitrogen and oxygen atoms in total. The summed E-state index contributed by atoms with van der Waals surface area (Å²) in [6.07, 6.45) is 1.83. The summed E-state index contributed by atoms with van der Waals surface area (Å²) in [6.45, 7) is 8.05. The van der Waals surface area contributed by atoms with E-state index in [4.69, 9.17) is 0 Å². The molecule has 1 aliphatic rings. The topological polar surface area (TPSA) is 34.1 Å². The first-order valence-corrected chi connectivity index (χ1v) is 7.84. The smallest absolute Gasteiger partial charge is 0.234 e. The predicted octanol–water partition coefficient (Wildman–Crippen LogP) is 4.47. The number of rotatable bonds is 2. The van der Waals surface area contributed by atoms with Gasteiger partial charge in [-0.1, -0.05) is 38.1 Å². The molecule has 0 atom stereocenters. The van der Waals surface area contributed by atoms with Gasteiger partial charge in [0.2, 0.25) is 11.6 Å². The number of fused-ring (bicyclic) bond motifs is 3. The van der Waals surface area contributed by atoms with E-state index in [9.17, 15) is 9.59 Å². The molecule has 0 unspecified atom stereocenters. The minimum atomic E-state index is -0.366. The third kappa shape index (κ3) is 2.02. The molecule has 0 bridgehead atoms. The molecule has 0 heterocycles. The zero-order valence-corrected chi connectivity index (χ0v) is 13.5. The van der Waals surface area contributed by atoms with Crippen molar-refractivity contribution in [1.29, 1.82) is 0 Å². The third-order valence-corrected chi connectivity index (χ3v) is 4.56. The maximum absolute atomic E-state index is 12.6. The molecule has 0 amide bonds. The van der Waals surface area contributed by atoms with E-state index in [-0.39, 0.29) is 11.6 Å². The average Bonchev–Trinajstić information content (AvgIpc) is 2.51. The van der Waals surface area contributed by atoms with Gasteiger partial charge in [0.1, 0.15) is 0 Å². The second-order valence-electron chi connectivity index (χ2n) is 6.04. The van der Waals surface area contributed by atoms with Gasteiger partial charge < -0.3 is 0 Å². The Morgan fingerprint density at radius 2 is 1.05 bits per heavy atom. The molecule has 0 saturated heterocycles. The molecule has 0 aliphatic heterocycles. The van der Waals surface area contributed by atoms with Crippen LogP contribution >= 0.6 is 0 Å². The molecule has 0 radical (unpaired) electrons. The number of aryl methyl sites for hydroxylation is 4. The van der Waals surface area contributed by atoms with Crippen LogP contribution in [0.2, 0.25) is 0 Å². The van der Waals surface area contributed by atoms with E-state index in [0.717, 1.165) is 35.1 Å². The number of ketones is 2. The Kier molecular flexibility index (Phi) is 3.48. The molecule has 0 spiro atoms. The number of benzene rings is 2. The number of Topliss-reactive ketones (excluding diaryl/α,β-unsaturated/α-hetero) is 2. The Morgan fingerprint density at radius 1 is 0.682 bits per heavy atom. The summed E-state index contributed by atoms with van der Waals surface area (Å²) in [6, 6.07) is 8.19. The van der Waals surface area contributed by atoms with Gasteiger partial charge in [0.25, 0.3) is 0 Å². The molecule has 0 saturated carbocycles. The van der Waals surface area contributed by atoms with Crippen molar-refractivity contribution in [3.63, 3.8) is 0 Å². The van der Waals surface area contributed by atoms with Gasteiger partial charge in [-0.25, -0.2) is 0 Å². The Hall–Kier alpha value is -2.22. The zero-order chi connectivity index (χ0) is 16.0. The van der Waals surface area contributed by atoms with Crippen molar-refractivity contribution < 1.29 is 9.59 Å². The lowest BCUT2D eigenvalue weighted by molar-refractivity contribution is 0.0814. The van der Waals surface area contributed by atoms with Crippen LogP contribution in [0.4, 0.5) is 0 Å². The van der Waals surface area contributed by atoms with Gasteiger partial charge in [-0.2, -0.15) is 0 Å². The molecule has 0 aromatic heterocycles. The molecule has 3 rings (SSSR count). The van der Waals surface area contributed by atoms with Gasteiger partial charge in [-0.05, 0) is 60.1 Å². The standard InChI is InChI=1S/C20H20O2/c1-5-13-7-11(3)17-15(9-13)16-10-14(6-2)8-12(4)18(16)20(22)19(17)21/h7-10H,5-6H2,1-4H3. The summed E-state index contributed by atoms with van der Waals surface area (Å²) >= 11 is 0. The Labute approximate surface area is 131 Å². The van der Waals surface area contributed by atoms with E-state index in [0.29, 0.717) is 11.1 Å². The Morgan fingerprint density at radius 3 is 1.36 bits per heavy atom. The van der Waals surface area contributed by atoms with E-state index >= 15 is 0 Å². The monoisotopic (exact) mass is 292 g/mol. The molecular weight excluding hydrogens is 272 g/mol. The number of carbonyl (C=O) groups excluding carboxylic acids is 2. The minimum Gasteiger partial charge on any atom is -0.285 e. The lowest BCUT2D eigenvalue weighted by Gasteiger charge is -2.23. The van der Waals surface area contributed by atoms with Gasteiger partial charge >= 0.3 is 0 Å². The Bertz CT molecular complexity index is 743. The van der Waals surface area contributed by atoms with E-state index < -0.39 is 0 Å². The van der Waals surface area contributed by atoms with Crippen molar-refractivity contribution in [3.05, 3.63) is 57.6 Å². The van der Waals surface area contributed by atoms with Crippen molar-refractivity contribution in [1.82, 2.24) is 0 Å². The van der Waals surface area contributed by atoms with Crippen molar-refractivity contribution in [2.75, 3.05) is 0 Å². The Balaban J connectivity index is 2.42. The summed E-state index contributed by atoms with van der Waals surface area (Å²) in [5.74, 6) is -0.731. The molecule has 1 aliphatic carbocycles. The van der Waals surface area contributed by atoms with E-state index in [1.807, 2.05) is 26.0 Å². The van der Waals surface area contributed by atoms with Gasteiger partial charge in [0.05, 0.1) is 0 Å². The van der Waals surface area contributed by atoms with E-state index in [1.165, 1.54) is 11.1 Å². The van der Waals surface area contributed by atoms with Crippen molar-refractivity contribution >= 4 is 11.6 Å². The van der Waals surface area contributed by atoms with Crippen molar-refractivity contribution in [3.8, 4) is 11.1 Å². The first-order valence-electron chi connectivity index (χ1n) is 7.84. The van der Waals surface area contributed by atoms with Crippen LogP contribution in [0.15, 0.2) is 24.3 Å². The van der Waals surface area contributed by atoms with Crippen LogP contribution in [-0.4, -0.2) is 11.6 Å². The van der Waals surface area contributed by atoms with Crippen molar-refractivity contribution in [2.24, 2.45) is 0 Å². The zero-order valence-electron chi connectivity index (χ0n) is 13.5. The fourth-order valence-corrected chi connectivity index (χ4v) is 3.39. The summed E-state index contributed by atoms with van der Waals surface area (Å²) < 4.78 is 0. The van der Waals surface area contributed by atoms with E-state index in [2.05, 4.69) is 26.0 Å². The summed E-state index contributed by atoms with van der Waals surface area (Å²) in [4.78, 5) is 25.1. The molecule has 2 heteroatoms. The highest BCUT2D eigenvalue weighted by molar-refractivity contribution is 6.53. The van der Waals surface area contributed by atoms with Crippen LogP contribution in [0, 0.1) is 13.8 Å². The van der Waals surface area contributed by atoms with Crippen LogP contribution < -0.4 is 0 Å². The quantitative estimate of drug-likeness (QED) is 0.765. The molecule has 112 valence electrons. The van der Waals surface area contributed by atoms with Crippen LogP contribution in [0.3, 0.4) is 0 Å². The van der Waals surface area contributed by atoms with Crippen molar-refractivity contribution in [2.45, 2.75) is 40.5 Å². The highest BCUT2D eigenvalue weighted by Gasteiger charge is 2.33. The first kappa shape index (κ1) is 14.7. The fourth-order valence-electron chi connectivity index (χ4n) is 3.39. The summed E-state index contributed by atoms with van der Waals surface area (Å²) in [5, 5.41) is 0. The SMILES string of the molecule is CCc1cc(C)c2c(c1)-c1cc(CC)cc(C)c1C(=O)C2=O. The van der Waals surface area contributed by atoms with Crippen LogP contribution in [0.25, 0.3) is 11.1 Å². The number of carbonyl (C=O) groups is 2. The summed E-state index contributed by atoms with van der Waals surface area (Å²) in [5.41, 5.74) is 7.22. The first-order chi connectivity index (χ1) is 10.5. The predicted molar refractivity (Wildman–Crippen MR) is 88.8 cm³/mol. The molecule has 0 N–H and O–H groups in total. The summed E-state index contributed by atoms with van der Waals surface area (Å²) in [7, 11) is 0. The molecule has 22 heavy (non-hydrogen) atoms. The second-order valence-corrected chi connectivity index (χ2v) is 6.04. The molecule has 2 aromatic rings. The third-order valence-electron chi connectivity index (χ3n) is 4.56. The van der Waals surface area contributed by atoms with E-state index in [1.54, 1.807) is 0 Å². The molecular formula is C20H20O2. The van der Waals surface area contributed by atoms with Crippen LogP contribution in [0.1, 0.15) is 56.8 Å². The molecule has 2 aromatic carbocycles. The number of hydrogen-bond acceptors (Lipinski definition) is 2. The van der Waals surface area contributed by atoms with Gasteiger partial charge in [-0.3, -0.25) is 9.59 Å². The maximum atomic E-state index is 12.6. The molecule has 0 fully saturated rings. The fraction of sp³-hybridized carbons (Fsp3) is 0.300.